The van der Waals surface area contributed by atoms with Crippen molar-refractivity contribution in [3.63, 3.8) is 0 Å². The van der Waals surface area contributed by atoms with Gasteiger partial charge in [0.15, 0.2) is 5.82 Å². The SMILES string of the molecule is CN(C)c1nc(-c2ccccn2)nc2c1CCN(C(=O)CCC(F)(F)F)C2. The van der Waals surface area contributed by atoms with Gasteiger partial charge in [0.25, 0.3) is 0 Å². The highest BCUT2D eigenvalue weighted by atomic mass is 19.4. The van der Waals surface area contributed by atoms with E-state index in [1.165, 1.54) is 4.90 Å². The molecule has 0 aromatic carbocycles. The summed E-state index contributed by atoms with van der Waals surface area (Å²) in [7, 11) is 3.73. The number of anilines is 1. The average Bonchev–Trinajstić information content (AvgIpc) is 2.64. The molecule has 1 amide bonds. The largest absolute Gasteiger partial charge is 0.389 e. The number of pyridine rings is 1. The molecule has 2 aromatic heterocycles. The number of halogens is 3. The van der Waals surface area contributed by atoms with Crippen LogP contribution in [0.5, 0.6) is 0 Å². The first-order valence-corrected chi connectivity index (χ1v) is 8.57. The quantitative estimate of drug-likeness (QED) is 0.818. The van der Waals surface area contributed by atoms with Crippen LogP contribution in [0.15, 0.2) is 24.4 Å². The van der Waals surface area contributed by atoms with Crippen molar-refractivity contribution < 1.29 is 18.0 Å². The van der Waals surface area contributed by atoms with Crippen LogP contribution < -0.4 is 4.90 Å². The topological polar surface area (TPSA) is 62.2 Å². The number of hydrogen-bond donors (Lipinski definition) is 0. The molecular weight excluding hydrogens is 359 g/mol. The Hall–Kier alpha value is -2.71. The van der Waals surface area contributed by atoms with Crippen molar-refractivity contribution in [2.75, 3.05) is 25.5 Å². The van der Waals surface area contributed by atoms with Crippen molar-refractivity contribution >= 4 is 11.7 Å². The molecule has 0 radical (unpaired) electrons. The molecule has 2 aromatic rings. The smallest absolute Gasteiger partial charge is 0.362 e. The minimum Gasteiger partial charge on any atom is -0.362 e. The van der Waals surface area contributed by atoms with Crippen LogP contribution >= 0.6 is 0 Å². The molecule has 9 heteroatoms. The van der Waals surface area contributed by atoms with Gasteiger partial charge in [-0.25, -0.2) is 9.97 Å². The van der Waals surface area contributed by atoms with Crippen LogP contribution in [0, 0.1) is 0 Å². The van der Waals surface area contributed by atoms with Gasteiger partial charge in [-0.15, -0.1) is 0 Å². The lowest BCUT2D eigenvalue weighted by atomic mass is 10.0. The van der Waals surface area contributed by atoms with Crippen LogP contribution in [0.4, 0.5) is 19.0 Å². The van der Waals surface area contributed by atoms with Gasteiger partial charge >= 0.3 is 6.18 Å². The number of nitrogens with zero attached hydrogens (tertiary/aromatic N) is 5. The molecule has 1 aliphatic rings. The highest BCUT2D eigenvalue weighted by molar-refractivity contribution is 5.76. The van der Waals surface area contributed by atoms with E-state index in [1.807, 2.05) is 25.1 Å². The number of alkyl halides is 3. The molecular formula is C18H20F3N5O. The number of carbonyl (C=O) groups excluding carboxylic acids is 1. The first-order chi connectivity index (χ1) is 12.7. The van der Waals surface area contributed by atoms with Crippen LogP contribution in [0.25, 0.3) is 11.5 Å². The van der Waals surface area contributed by atoms with Gasteiger partial charge in [0, 0.05) is 38.8 Å². The normalized spacial score (nSPS) is 14.0. The zero-order chi connectivity index (χ0) is 19.6. The number of hydrogen-bond acceptors (Lipinski definition) is 5. The van der Waals surface area contributed by atoms with Gasteiger partial charge in [-0.2, -0.15) is 13.2 Å². The minimum absolute atomic E-state index is 0.176. The molecule has 0 bridgehead atoms. The first-order valence-electron chi connectivity index (χ1n) is 8.57. The maximum absolute atomic E-state index is 12.4. The number of carbonyl (C=O) groups is 1. The molecule has 144 valence electrons. The second kappa shape index (κ2) is 7.50. The molecule has 0 aliphatic carbocycles. The van der Waals surface area contributed by atoms with E-state index in [2.05, 4.69) is 15.0 Å². The molecule has 3 rings (SSSR count). The van der Waals surface area contributed by atoms with Crippen molar-refractivity contribution in [1.82, 2.24) is 19.9 Å². The molecule has 0 N–H and O–H groups in total. The summed E-state index contributed by atoms with van der Waals surface area (Å²) in [6, 6.07) is 5.40. The highest BCUT2D eigenvalue weighted by Gasteiger charge is 2.31. The van der Waals surface area contributed by atoms with E-state index >= 15 is 0 Å². The number of rotatable bonds is 4. The van der Waals surface area contributed by atoms with Crippen LogP contribution in [0.2, 0.25) is 0 Å². The zero-order valence-electron chi connectivity index (χ0n) is 15.1. The van der Waals surface area contributed by atoms with E-state index in [0.29, 0.717) is 30.2 Å². The van der Waals surface area contributed by atoms with Crippen molar-refractivity contribution in [1.29, 1.82) is 0 Å². The summed E-state index contributed by atoms with van der Waals surface area (Å²) in [5.41, 5.74) is 2.17. The molecule has 6 nitrogen and oxygen atoms in total. The molecule has 3 heterocycles. The van der Waals surface area contributed by atoms with Gasteiger partial charge in [-0.3, -0.25) is 9.78 Å². The van der Waals surface area contributed by atoms with Gasteiger partial charge in [0.1, 0.15) is 11.5 Å². The lowest BCUT2D eigenvalue weighted by Crippen LogP contribution is -2.37. The molecule has 27 heavy (non-hydrogen) atoms. The Kier molecular flexibility index (Phi) is 5.29. The summed E-state index contributed by atoms with van der Waals surface area (Å²) >= 11 is 0. The lowest BCUT2D eigenvalue weighted by Gasteiger charge is -2.30. The Morgan fingerprint density at radius 3 is 2.67 bits per heavy atom. The van der Waals surface area contributed by atoms with Crippen molar-refractivity contribution in [2.24, 2.45) is 0 Å². The zero-order valence-corrected chi connectivity index (χ0v) is 15.1. The highest BCUT2D eigenvalue weighted by Crippen LogP contribution is 2.29. The third-order valence-corrected chi connectivity index (χ3v) is 4.34. The third kappa shape index (κ3) is 4.53. The molecule has 0 unspecified atom stereocenters. The van der Waals surface area contributed by atoms with Gasteiger partial charge in [-0.1, -0.05) is 6.07 Å². The van der Waals surface area contributed by atoms with E-state index in [1.54, 1.807) is 18.3 Å². The Morgan fingerprint density at radius 1 is 1.26 bits per heavy atom. The number of aromatic nitrogens is 3. The molecule has 0 fully saturated rings. The van der Waals surface area contributed by atoms with E-state index in [9.17, 15) is 18.0 Å². The Morgan fingerprint density at radius 2 is 2.04 bits per heavy atom. The minimum atomic E-state index is -4.34. The summed E-state index contributed by atoms with van der Waals surface area (Å²) in [4.78, 5) is 28.9. The van der Waals surface area contributed by atoms with Crippen molar-refractivity contribution in [3.8, 4) is 11.5 Å². The van der Waals surface area contributed by atoms with E-state index in [0.717, 1.165) is 11.4 Å². The van der Waals surface area contributed by atoms with E-state index in [-0.39, 0.29) is 6.54 Å². The van der Waals surface area contributed by atoms with E-state index < -0.39 is 24.9 Å². The number of amides is 1. The van der Waals surface area contributed by atoms with Crippen LogP contribution in [-0.2, 0) is 17.8 Å². The fourth-order valence-corrected chi connectivity index (χ4v) is 3.01. The van der Waals surface area contributed by atoms with Gasteiger partial charge in [0.2, 0.25) is 5.91 Å². The van der Waals surface area contributed by atoms with Gasteiger partial charge in [-0.05, 0) is 18.6 Å². The number of fused-ring (bicyclic) bond motifs is 1. The lowest BCUT2D eigenvalue weighted by molar-refractivity contribution is -0.149. The van der Waals surface area contributed by atoms with E-state index in [4.69, 9.17) is 0 Å². The van der Waals surface area contributed by atoms with Crippen LogP contribution in [-0.4, -0.2) is 52.6 Å². The Bertz CT molecular complexity index is 824. The molecule has 0 saturated heterocycles. The molecule has 0 saturated carbocycles. The van der Waals surface area contributed by atoms with Crippen molar-refractivity contribution in [2.45, 2.75) is 32.0 Å². The Labute approximate surface area is 155 Å². The summed E-state index contributed by atoms with van der Waals surface area (Å²) < 4.78 is 37.2. The van der Waals surface area contributed by atoms with Crippen LogP contribution in [0.1, 0.15) is 24.1 Å². The molecule has 1 aliphatic heterocycles. The standard InChI is InChI=1S/C18H20F3N5O/c1-25(2)17-12-7-10-26(15(27)6-8-18(19,20)21)11-14(12)23-16(24-17)13-5-3-4-9-22-13/h3-5,9H,6-8,10-11H2,1-2H3. The summed E-state index contributed by atoms with van der Waals surface area (Å²) in [6.07, 6.45) is -3.85. The fourth-order valence-electron chi connectivity index (χ4n) is 3.01. The monoisotopic (exact) mass is 379 g/mol. The predicted molar refractivity (Wildman–Crippen MR) is 94.0 cm³/mol. The molecule has 0 atom stereocenters. The average molecular weight is 379 g/mol. The second-order valence-electron chi connectivity index (χ2n) is 6.59. The second-order valence-corrected chi connectivity index (χ2v) is 6.59. The summed E-state index contributed by atoms with van der Waals surface area (Å²) in [5.74, 6) is 0.660. The van der Waals surface area contributed by atoms with Crippen molar-refractivity contribution in [3.05, 3.63) is 35.7 Å². The van der Waals surface area contributed by atoms with Crippen LogP contribution in [0.3, 0.4) is 0 Å². The Balaban J connectivity index is 1.88. The predicted octanol–water partition coefficient (Wildman–Crippen LogP) is 2.83. The summed E-state index contributed by atoms with van der Waals surface area (Å²) in [6.45, 7) is 0.534. The third-order valence-electron chi connectivity index (χ3n) is 4.34. The van der Waals surface area contributed by atoms with Gasteiger partial charge < -0.3 is 9.80 Å². The first kappa shape index (κ1) is 19.1. The van der Waals surface area contributed by atoms with Gasteiger partial charge in [0.05, 0.1) is 18.7 Å². The fraction of sp³-hybridized carbons (Fsp3) is 0.444. The summed E-state index contributed by atoms with van der Waals surface area (Å²) in [5, 5.41) is 0. The maximum Gasteiger partial charge on any atom is 0.389 e. The molecule has 0 spiro atoms. The maximum atomic E-state index is 12.4.